The summed E-state index contributed by atoms with van der Waals surface area (Å²) in [5, 5.41) is 3.04. The molecule has 2 aromatic rings. The monoisotopic (exact) mass is 337 g/mol. The van der Waals surface area contributed by atoms with Gasteiger partial charge in [0.05, 0.1) is 13.7 Å². The zero-order chi connectivity index (χ0) is 17.5. The molecular formula is C16H21F2N5O. The molecule has 0 fully saturated rings. The van der Waals surface area contributed by atoms with Crippen LogP contribution in [-0.2, 0) is 13.1 Å². The second kappa shape index (κ2) is 8.28. The molecule has 0 aliphatic rings. The fraction of sp³-hybridized carbons (Fsp3) is 0.375. The number of aromatic nitrogens is 2. The summed E-state index contributed by atoms with van der Waals surface area (Å²) in [6.07, 6.45) is 2.60. The zero-order valence-electron chi connectivity index (χ0n) is 13.9. The van der Waals surface area contributed by atoms with Crippen LogP contribution in [0.5, 0.6) is 5.75 Å². The minimum absolute atomic E-state index is 0.153. The Morgan fingerprint density at radius 1 is 1.42 bits per heavy atom. The first-order valence-corrected chi connectivity index (χ1v) is 7.40. The molecular weight excluding hydrogens is 316 g/mol. The third-order valence-electron chi connectivity index (χ3n) is 3.54. The predicted molar refractivity (Wildman–Crippen MR) is 88.1 cm³/mol. The van der Waals surface area contributed by atoms with Gasteiger partial charge in [-0.2, -0.15) is 8.78 Å². The van der Waals surface area contributed by atoms with Crippen molar-refractivity contribution in [1.29, 1.82) is 0 Å². The summed E-state index contributed by atoms with van der Waals surface area (Å²) in [6.45, 7) is -1.90. The number of ether oxygens (including phenoxy) is 1. The summed E-state index contributed by atoms with van der Waals surface area (Å²) in [5.41, 5.74) is 1.000. The number of benzene rings is 1. The second-order valence-corrected chi connectivity index (χ2v) is 5.10. The minimum Gasteiger partial charge on any atom is -0.496 e. The molecule has 8 heteroatoms. The zero-order valence-corrected chi connectivity index (χ0v) is 13.9. The molecule has 1 aromatic heterocycles. The van der Waals surface area contributed by atoms with Crippen molar-refractivity contribution in [3.05, 3.63) is 48.0 Å². The molecule has 130 valence electrons. The van der Waals surface area contributed by atoms with Gasteiger partial charge in [0.25, 0.3) is 0 Å². The van der Waals surface area contributed by atoms with Crippen molar-refractivity contribution in [3.8, 4) is 5.75 Å². The third kappa shape index (κ3) is 4.21. The summed E-state index contributed by atoms with van der Waals surface area (Å²) in [4.78, 5) is 10.0. The average molecular weight is 337 g/mol. The van der Waals surface area contributed by atoms with Crippen molar-refractivity contribution in [3.63, 3.8) is 0 Å². The molecule has 6 nitrogen and oxygen atoms in total. The Morgan fingerprint density at radius 2 is 2.17 bits per heavy atom. The molecule has 0 aliphatic carbocycles. The largest absolute Gasteiger partial charge is 0.496 e. The van der Waals surface area contributed by atoms with E-state index < -0.39 is 6.55 Å². The van der Waals surface area contributed by atoms with Crippen molar-refractivity contribution in [2.24, 2.45) is 4.99 Å². The molecule has 0 spiro atoms. The molecule has 1 aromatic carbocycles. The van der Waals surface area contributed by atoms with Gasteiger partial charge in [-0.15, -0.1) is 0 Å². The Morgan fingerprint density at radius 3 is 2.83 bits per heavy atom. The van der Waals surface area contributed by atoms with Gasteiger partial charge in [0.1, 0.15) is 11.6 Å². The van der Waals surface area contributed by atoms with Gasteiger partial charge in [0, 0.05) is 38.6 Å². The van der Waals surface area contributed by atoms with Crippen LogP contribution in [0.25, 0.3) is 0 Å². The molecule has 0 atom stereocenters. The Labute approximate surface area is 139 Å². The smallest absolute Gasteiger partial charge is 0.319 e. The second-order valence-electron chi connectivity index (χ2n) is 5.10. The van der Waals surface area contributed by atoms with Crippen LogP contribution in [0.2, 0.25) is 0 Å². The first-order valence-electron chi connectivity index (χ1n) is 7.40. The van der Waals surface area contributed by atoms with Gasteiger partial charge in [-0.1, -0.05) is 18.2 Å². The van der Waals surface area contributed by atoms with Crippen molar-refractivity contribution < 1.29 is 13.5 Å². The minimum atomic E-state index is -2.61. The van der Waals surface area contributed by atoms with Gasteiger partial charge in [0.2, 0.25) is 0 Å². The van der Waals surface area contributed by atoms with Gasteiger partial charge >= 0.3 is 6.55 Å². The van der Waals surface area contributed by atoms with Crippen LogP contribution < -0.4 is 10.1 Å². The van der Waals surface area contributed by atoms with E-state index >= 15 is 0 Å². The van der Waals surface area contributed by atoms with E-state index in [1.807, 2.05) is 36.2 Å². The molecule has 0 amide bonds. The van der Waals surface area contributed by atoms with Crippen LogP contribution in [0.1, 0.15) is 17.9 Å². The van der Waals surface area contributed by atoms with E-state index in [9.17, 15) is 8.78 Å². The van der Waals surface area contributed by atoms with Crippen LogP contribution in [0, 0.1) is 0 Å². The standard InChI is InChI=1S/C16H21F2N5O/c1-19-16(21-10-14-20-8-9-23(14)15(17)18)22(2)11-12-6-4-5-7-13(12)24-3/h4-9,15H,10-11H2,1-3H3,(H,19,21). The molecule has 0 unspecified atom stereocenters. The number of nitrogens with one attached hydrogen (secondary N) is 1. The Balaban J connectivity index is 2.02. The number of hydrogen-bond acceptors (Lipinski definition) is 3. The summed E-state index contributed by atoms with van der Waals surface area (Å²) in [6, 6.07) is 7.69. The highest BCUT2D eigenvalue weighted by atomic mass is 19.3. The fourth-order valence-corrected chi connectivity index (χ4v) is 2.37. The van der Waals surface area contributed by atoms with E-state index in [1.165, 1.54) is 12.4 Å². The number of para-hydroxylation sites is 1. The van der Waals surface area contributed by atoms with Crippen molar-refractivity contribution in [1.82, 2.24) is 19.8 Å². The number of aliphatic imine (C=N–C) groups is 1. The molecule has 0 bridgehead atoms. The van der Waals surface area contributed by atoms with E-state index in [1.54, 1.807) is 14.2 Å². The lowest BCUT2D eigenvalue weighted by Gasteiger charge is -2.23. The SMILES string of the molecule is CN=C(NCc1nccn1C(F)F)N(C)Cc1ccccc1OC. The molecule has 0 aliphatic heterocycles. The molecule has 1 heterocycles. The quantitative estimate of drug-likeness (QED) is 0.650. The predicted octanol–water partition coefficient (Wildman–Crippen LogP) is 2.49. The van der Waals surface area contributed by atoms with Crippen LogP contribution in [0.15, 0.2) is 41.7 Å². The van der Waals surface area contributed by atoms with Crippen molar-refractivity contribution in [2.75, 3.05) is 21.2 Å². The van der Waals surface area contributed by atoms with Crippen molar-refractivity contribution in [2.45, 2.75) is 19.6 Å². The number of guanidine groups is 1. The van der Waals surface area contributed by atoms with Gasteiger partial charge in [-0.3, -0.25) is 9.56 Å². The van der Waals surface area contributed by atoms with Crippen LogP contribution >= 0.6 is 0 Å². The molecule has 0 saturated heterocycles. The number of methoxy groups -OCH3 is 1. The maximum Gasteiger partial charge on any atom is 0.319 e. The summed E-state index contributed by atoms with van der Waals surface area (Å²) < 4.78 is 31.8. The van der Waals surface area contributed by atoms with Crippen molar-refractivity contribution >= 4 is 5.96 Å². The van der Waals surface area contributed by atoms with E-state index in [-0.39, 0.29) is 12.4 Å². The average Bonchev–Trinajstić information content (AvgIpc) is 3.04. The summed E-state index contributed by atoms with van der Waals surface area (Å²) in [5.74, 6) is 1.61. The molecule has 24 heavy (non-hydrogen) atoms. The lowest BCUT2D eigenvalue weighted by Crippen LogP contribution is -2.38. The first kappa shape index (κ1) is 17.7. The molecule has 0 radical (unpaired) electrons. The third-order valence-corrected chi connectivity index (χ3v) is 3.54. The lowest BCUT2D eigenvalue weighted by atomic mass is 10.2. The van der Waals surface area contributed by atoms with E-state index in [0.29, 0.717) is 12.5 Å². The number of halogens is 2. The number of alkyl halides is 2. The molecule has 1 N–H and O–H groups in total. The summed E-state index contributed by atoms with van der Waals surface area (Å²) in [7, 11) is 5.12. The Hall–Kier alpha value is -2.64. The highest BCUT2D eigenvalue weighted by Crippen LogP contribution is 2.18. The van der Waals surface area contributed by atoms with Gasteiger partial charge < -0.3 is 15.0 Å². The van der Waals surface area contributed by atoms with E-state index in [4.69, 9.17) is 4.74 Å². The number of nitrogens with zero attached hydrogens (tertiary/aromatic N) is 4. The number of imidazole rings is 1. The van der Waals surface area contributed by atoms with E-state index in [0.717, 1.165) is 15.9 Å². The van der Waals surface area contributed by atoms with Gasteiger partial charge in [-0.25, -0.2) is 4.98 Å². The Bertz CT molecular complexity index is 687. The van der Waals surface area contributed by atoms with E-state index in [2.05, 4.69) is 15.3 Å². The van der Waals surface area contributed by atoms with Gasteiger partial charge in [-0.05, 0) is 6.07 Å². The van der Waals surface area contributed by atoms with Gasteiger partial charge in [0.15, 0.2) is 5.96 Å². The maximum absolute atomic E-state index is 12.8. The van der Waals surface area contributed by atoms with Crippen LogP contribution in [-0.4, -0.2) is 41.6 Å². The number of hydrogen-bond donors (Lipinski definition) is 1. The molecule has 0 saturated carbocycles. The fourth-order valence-electron chi connectivity index (χ4n) is 2.37. The highest BCUT2D eigenvalue weighted by molar-refractivity contribution is 5.79. The highest BCUT2D eigenvalue weighted by Gasteiger charge is 2.14. The van der Waals surface area contributed by atoms with Crippen LogP contribution in [0.4, 0.5) is 8.78 Å². The Kier molecular flexibility index (Phi) is 6.11. The molecule has 2 rings (SSSR count). The topological polar surface area (TPSA) is 54.7 Å². The summed E-state index contributed by atoms with van der Waals surface area (Å²) >= 11 is 0. The lowest BCUT2D eigenvalue weighted by molar-refractivity contribution is 0.0668. The maximum atomic E-state index is 12.8. The van der Waals surface area contributed by atoms with Crippen LogP contribution in [0.3, 0.4) is 0 Å². The first-order chi connectivity index (χ1) is 11.6. The normalized spacial score (nSPS) is 11.7. The number of rotatable bonds is 6.